The molecule has 0 saturated heterocycles. The van der Waals surface area contributed by atoms with Crippen LogP contribution in [0, 0.1) is 0 Å². The maximum absolute atomic E-state index is 12.1. The van der Waals surface area contributed by atoms with Gasteiger partial charge in [-0.1, -0.05) is 40.9 Å². The predicted molar refractivity (Wildman–Crippen MR) is 86.6 cm³/mol. The van der Waals surface area contributed by atoms with Crippen molar-refractivity contribution in [1.82, 2.24) is 0 Å². The summed E-state index contributed by atoms with van der Waals surface area (Å²) in [5, 5.41) is 3.95. The Hall–Kier alpha value is -1.42. The van der Waals surface area contributed by atoms with Gasteiger partial charge in [0, 0.05) is 5.02 Å². The highest BCUT2D eigenvalue weighted by Gasteiger charge is 2.16. The summed E-state index contributed by atoms with van der Waals surface area (Å²) in [4.78, 5) is 12.1. The summed E-state index contributed by atoms with van der Waals surface area (Å²) in [7, 11) is 0. The fourth-order valence-electron chi connectivity index (χ4n) is 1.61. The van der Waals surface area contributed by atoms with E-state index in [1.54, 1.807) is 49.4 Å². The van der Waals surface area contributed by atoms with Crippen molar-refractivity contribution in [3.05, 3.63) is 57.5 Å². The van der Waals surface area contributed by atoms with E-state index in [0.717, 1.165) is 0 Å². The first-order valence-corrected chi connectivity index (χ1v) is 7.28. The van der Waals surface area contributed by atoms with Gasteiger partial charge in [0.25, 0.3) is 5.91 Å². The number of carbonyl (C=O) groups is 1. The molecular formula is C15H12Cl3NO2. The van der Waals surface area contributed by atoms with Crippen LogP contribution in [0.5, 0.6) is 5.75 Å². The van der Waals surface area contributed by atoms with Crippen LogP contribution in [0.2, 0.25) is 15.1 Å². The van der Waals surface area contributed by atoms with Crippen molar-refractivity contribution in [3.63, 3.8) is 0 Å². The Balaban J connectivity index is 2.02. The SMILES string of the molecule is C[C@H](Oc1ccc(Cl)cc1)C(=O)Nc1cccc(Cl)c1Cl. The van der Waals surface area contributed by atoms with E-state index in [-0.39, 0.29) is 5.91 Å². The standard InChI is InChI=1S/C15H12Cl3NO2/c1-9(21-11-7-5-10(16)6-8-11)15(20)19-13-4-2-3-12(17)14(13)18/h2-9H,1H3,(H,19,20)/t9-/m0/s1. The molecule has 2 rings (SSSR count). The van der Waals surface area contributed by atoms with Crippen molar-refractivity contribution < 1.29 is 9.53 Å². The molecule has 0 heterocycles. The first kappa shape index (κ1) is 16.0. The summed E-state index contributed by atoms with van der Waals surface area (Å²) in [5.41, 5.74) is 0.445. The molecule has 0 spiro atoms. The van der Waals surface area contributed by atoms with Crippen molar-refractivity contribution in [3.8, 4) is 5.75 Å². The number of hydrogen-bond donors (Lipinski definition) is 1. The number of halogens is 3. The summed E-state index contributed by atoms with van der Waals surface area (Å²) in [6.07, 6.45) is -0.693. The number of rotatable bonds is 4. The zero-order chi connectivity index (χ0) is 15.4. The Morgan fingerprint density at radius 3 is 2.43 bits per heavy atom. The van der Waals surface area contributed by atoms with Gasteiger partial charge in [-0.3, -0.25) is 4.79 Å². The zero-order valence-corrected chi connectivity index (χ0v) is 13.3. The maximum atomic E-state index is 12.1. The first-order chi connectivity index (χ1) is 9.97. The second kappa shape index (κ2) is 7.03. The molecule has 1 atom stereocenters. The van der Waals surface area contributed by atoms with E-state index in [1.807, 2.05) is 0 Å². The van der Waals surface area contributed by atoms with Gasteiger partial charge in [-0.05, 0) is 43.3 Å². The van der Waals surface area contributed by atoms with Gasteiger partial charge >= 0.3 is 0 Å². The van der Waals surface area contributed by atoms with Gasteiger partial charge in [-0.15, -0.1) is 0 Å². The average molecular weight is 345 g/mol. The van der Waals surface area contributed by atoms with Crippen LogP contribution in [0.25, 0.3) is 0 Å². The lowest BCUT2D eigenvalue weighted by Gasteiger charge is -2.15. The number of ether oxygens (including phenoxy) is 1. The number of carbonyl (C=O) groups excluding carboxylic acids is 1. The molecule has 0 aromatic heterocycles. The molecule has 0 saturated carbocycles. The van der Waals surface area contributed by atoms with Crippen LogP contribution in [0.3, 0.4) is 0 Å². The Labute approximate surface area is 137 Å². The molecule has 0 unspecified atom stereocenters. The predicted octanol–water partition coefficient (Wildman–Crippen LogP) is 5.05. The molecule has 0 aliphatic carbocycles. The van der Waals surface area contributed by atoms with Crippen LogP contribution in [0.1, 0.15) is 6.92 Å². The van der Waals surface area contributed by atoms with Crippen LogP contribution in [0.4, 0.5) is 5.69 Å². The Kier molecular flexibility index (Phi) is 5.34. The summed E-state index contributed by atoms with van der Waals surface area (Å²) < 4.78 is 5.53. The van der Waals surface area contributed by atoms with Gasteiger partial charge in [0.2, 0.25) is 0 Å². The first-order valence-electron chi connectivity index (χ1n) is 6.14. The Bertz CT molecular complexity index is 644. The van der Waals surface area contributed by atoms with Crippen LogP contribution >= 0.6 is 34.8 Å². The van der Waals surface area contributed by atoms with E-state index >= 15 is 0 Å². The molecule has 0 fully saturated rings. The molecule has 1 amide bonds. The van der Waals surface area contributed by atoms with Gasteiger partial charge in [0.05, 0.1) is 15.7 Å². The summed E-state index contributed by atoms with van der Waals surface area (Å²) >= 11 is 17.7. The van der Waals surface area contributed by atoms with E-state index in [9.17, 15) is 4.79 Å². The number of anilines is 1. The second-order valence-corrected chi connectivity index (χ2v) is 5.53. The molecule has 1 N–H and O–H groups in total. The van der Waals surface area contributed by atoms with E-state index in [0.29, 0.717) is 26.5 Å². The van der Waals surface area contributed by atoms with Crippen LogP contribution in [-0.2, 0) is 4.79 Å². The largest absolute Gasteiger partial charge is 0.481 e. The van der Waals surface area contributed by atoms with Gasteiger partial charge in [-0.25, -0.2) is 0 Å². The molecule has 2 aromatic rings. The minimum atomic E-state index is -0.693. The molecule has 0 aliphatic heterocycles. The number of hydrogen-bond acceptors (Lipinski definition) is 2. The van der Waals surface area contributed by atoms with Crippen molar-refractivity contribution in [2.24, 2.45) is 0 Å². The molecule has 21 heavy (non-hydrogen) atoms. The van der Waals surface area contributed by atoms with Crippen molar-refractivity contribution in [1.29, 1.82) is 0 Å². The van der Waals surface area contributed by atoms with Crippen LogP contribution in [-0.4, -0.2) is 12.0 Å². The summed E-state index contributed by atoms with van der Waals surface area (Å²) in [6.45, 7) is 1.64. The smallest absolute Gasteiger partial charge is 0.265 e. The van der Waals surface area contributed by atoms with Crippen LogP contribution in [0.15, 0.2) is 42.5 Å². The van der Waals surface area contributed by atoms with Crippen LogP contribution < -0.4 is 10.1 Å². The van der Waals surface area contributed by atoms with Gasteiger partial charge in [0.15, 0.2) is 6.10 Å². The molecule has 3 nitrogen and oxygen atoms in total. The van der Waals surface area contributed by atoms with E-state index < -0.39 is 6.10 Å². The maximum Gasteiger partial charge on any atom is 0.265 e. The molecule has 0 bridgehead atoms. The van der Waals surface area contributed by atoms with Crippen molar-refractivity contribution in [2.45, 2.75) is 13.0 Å². The van der Waals surface area contributed by atoms with E-state index in [2.05, 4.69) is 5.32 Å². The highest BCUT2D eigenvalue weighted by atomic mass is 35.5. The molecular weight excluding hydrogens is 333 g/mol. The highest BCUT2D eigenvalue weighted by Crippen LogP contribution is 2.29. The topological polar surface area (TPSA) is 38.3 Å². The van der Waals surface area contributed by atoms with Gasteiger partial charge in [-0.2, -0.15) is 0 Å². The average Bonchev–Trinajstić information content (AvgIpc) is 2.46. The summed E-state index contributed by atoms with van der Waals surface area (Å²) in [5.74, 6) is 0.230. The quantitative estimate of drug-likeness (QED) is 0.842. The van der Waals surface area contributed by atoms with E-state index in [1.165, 1.54) is 0 Å². The lowest BCUT2D eigenvalue weighted by Crippen LogP contribution is -2.30. The minimum Gasteiger partial charge on any atom is -0.481 e. The van der Waals surface area contributed by atoms with E-state index in [4.69, 9.17) is 39.5 Å². The number of nitrogens with one attached hydrogen (secondary N) is 1. The lowest BCUT2D eigenvalue weighted by molar-refractivity contribution is -0.122. The van der Waals surface area contributed by atoms with Gasteiger partial charge in [0.1, 0.15) is 5.75 Å². The third-order valence-corrected chi connectivity index (χ3v) is 3.78. The zero-order valence-electron chi connectivity index (χ0n) is 11.1. The molecule has 0 aliphatic rings. The fraction of sp³-hybridized carbons (Fsp3) is 0.133. The molecule has 6 heteroatoms. The Morgan fingerprint density at radius 1 is 1.10 bits per heavy atom. The lowest BCUT2D eigenvalue weighted by atomic mass is 10.3. The number of benzene rings is 2. The summed E-state index contributed by atoms with van der Waals surface area (Å²) in [6, 6.07) is 11.8. The second-order valence-electron chi connectivity index (χ2n) is 4.30. The molecule has 0 radical (unpaired) electrons. The molecule has 2 aromatic carbocycles. The Morgan fingerprint density at radius 2 is 1.76 bits per heavy atom. The molecule has 110 valence electrons. The number of amides is 1. The third kappa shape index (κ3) is 4.27. The monoisotopic (exact) mass is 343 g/mol. The normalized spacial score (nSPS) is 11.8. The minimum absolute atomic E-state index is 0.297. The third-order valence-electron chi connectivity index (χ3n) is 2.71. The highest BCUT2D eigenvalue weighted by molar-refractivity contribution is 6.44. The van der Waals surface area contributed by atoms with Crippen molar-refractivity contribution in [2.75, 3.05) is 5.32 Å². The van der Waals surface area contributed by atoms with Gasteiger partial charge < -0.3 is 10.1 Å². The van der Waals surface area contributed by atoms with Crippen molar-refractivity contribution >= 4 is 46.4 Å². The fourth-order valence-corrected chi connectivity index (χ4v) is 2.08.